The van der Waals surface area contributed by atoms with Crippen molar-refractivity contribution in [3.05, 3.63) is 59.7 Å². The lowest BCUT2D eigenvalue weighted by Crippen LogP contribution is -2.60. The molecule has 12 amide bonds. The highest BCUT2D eigenvalue weighted by Crippen LogP contribution is 2.17. The number of aromatic hydroxyl groups is 1. The van der Waals surface area contributed by atoms with Crippen LogP contribution in [0.1, 0.15) is 213 Å². The van der Waals surface area contributed by atoms with E-state index in [1.807, 2.05) is 55.4 Å². The van der Waals surface area contributed by atoms with E-state index in [-0.39, 0.29) is 163 Å². The first-order valence-corrected chi connectivity index (χ1v) is 39.3. The quantitative estimate of drug-likeness (QED) is 0.0270. The topological polar surface area (TPSA) is 580 Å². The Bertz CT molecular complexity index is 3130. The van der Waals surface area contributed by atoms with Crippen molar-refractivity contribution in [2.45, 2.75) is 270 Å². The summed E-state index contributed by atoms with van der Waals surface area (Å²) >= 11 is 0. The summed E-state index contributed by atoms with van der Waals surface area (Å²) in [7, 11) is -1.75. The van der Waals surface area contributed by atoms with Gasteiger partial charge < -0.3 is 114 Å². The molecule has 620 valence electrons. The van der Waals surface area contributed by atoms with E-state index >= 15 is 9.59 Å². The second-order valence-electron chi connectivity index (χ2n) is 30.2. The lowest BCUT2D eigenvalue weighted by molar-refractivity contribution is -0.136. The second kappa shape index (κ2) is 54.3. The fraction of sp³-hybridized carbons (Fsp3) is 0.684. The predicted octanol–water partition coefficient (Wildman–Crippen LogP) is -1.30. The molecule has 0 heterocycles. The van der Waals surface area contributed by atoms with Crippen molar-refractivity contribution in [2.75, 3.05) is 39.3 Å². The van der Waals surface area contributed by atoms with Gasteiger partial charge in [-0.3, -0.25) is 57.5 Å². The Labute approximate surface area is 649 Å². The van der Waals surface area contributed by atoms with Gasteiger partial charge in [-0.2, -0.15) is 0 Å². The molecule has 0 saturated carbocycles. The molecule has 110 heavy (non-hydrogen) atoms. The van der Waals surface area contributed by atoms with Gasteiger partial charge in [-0.1, -0.05) is 79.7 Å². The minimum absolute atomic E-state index is 0.00808. The number of rotatable bonds is 58. The third kappa shape index (κ3) is 40.0. The van der Waals surface area contributed by atoms with E-state index in [0.717, 1.165) is 0 Å². The molecule has 2 aromatic rings. The van der Waals surface area contributed by atoms with Crippen LogP contribution in [0.3, 0.4) is 0 Å². The minimum Gasteiger partial charge on any atom is -0.508 e. The number of primary amides is 1. The molecule has 0 spiro atoms. The summed E-state index contributed by atoms with van der Waals surface area (Å²) in [6, 6.07) is -1.71. The fourth-order valence-corrected chi connectivity index (χ4v) is 12.2. The van der Waals surface area contributed by atoms with Crippen LogP contribution in [-0.4, -0.2) is 199 Å². The molecule has 0 aromatic heterocycles. The van der Waals surface area contributed by atoms with Crippen molar-refractivity contribution in [2.24, 2.45) is 63.8 Å². The SMILES string of the molecule is CC(C)C[C@H](NC(=O)[C@@H](N)CC(C)C)C(=O)N[C@@H](CCCCN)C(=O)NCCCC[C@H](NC(=O)[C@H](CCCCN)NC(=O)[C@H](CC(C)C)NC(=O)[C@@H](N)CC(C)C)C(=O)N[C@@H](CCCCN)C(=O)N[C@@H](CCCCNC(=O)c1ccc(B(O)O)cc1)C(=O)N[C@@H](CCCCN)C(=O)N[C@@H](Cc1ccc(O)cc1)C(N)=O. The van der Waals surface area contributed by atoms with E-state index < -0.39 is 144 Å². The molecule has 2 aromatic carbocycles. The number of unbranched alkanes of at least 4 members (excludes halogenated alkanes) is 6. The molecule has 11 atom stereocenters. The van der Waals surface area contributed by atoms with Gasteiger partial charge in [-0.25, -0.2) is 0 Å². The van der Waals surface area contributed by atoms with Gasteiger partial charge in [-0.05, 0) is 226 Å². The third-order valence-electron chi connectivity index (χ3n) is 18.3. The summed E-state index contributed by atoms with van der Waals surface area (Å²) in [5.74, 6) is -8.41. The number of phenols is 1. The first kappa shape index (κ1) is 97.7. The van der Waals surface area contributed by atoms with E-state index in [9.17, 15) is 63.1 Å². The minimum atomic E-state index is -1.75. The zero-order valence-corrected chi connectivity index (χ0v) is 66.1. The number of hydrogen-bond donors (Lipinski definition) is 21. The Hall–Kier alpha value is -8.38. The summed E-state index contributed by atoms with van der Waals surface area (Å²) in [5, 5.41) is 59.6. The number of nitrogens with two attached hydrogens (primary N) is 7. The average molecular weight is 1550 g/mol. The van der Waals surface area contributed by atoms with E-state index in [1.54, 1.807) is 12.1 Å². The first-order chi connectivity index (χ1) is 52.1. The van der Waals surface area contributed by atoms with Crippen LogP contribution in [0, 0.1) is 23.7 Å². The van der Waals surface area contributed by atoms with Crippen molar-refractivity contribution in [1.82, 2.24) is 58.5 Å². The predicted molar refractivity (Wildman–Crippen MR) is 423 cm³/mol. The number of carbonyl (C=O) groups is 12. The molecule has 0 aliphatic carbocycles. The zero-order valence-electron chi connectivity index (χ0n) is 66.1. The molecule has 2 rings (SSSR count). The van der Waals surface area contributed by atoms with Crippen LogP contribution in [0.15, 0.2) is 48.5 Å². The van der Waals surface area contributed by atoms with Gasteiger partial charge in [0.1, 0.15) is 60.1 Å². The molecule has 0 aliphatic rings. The van der Waals surface area contributed by atoms with Gasteiger partial charge >= 0.3 is 7.12 Å². The Morgan fingerprint density at radius 2 is 0.627 bits per heavy atom. The molecule has 34 heteroatoms. The number of amides is 12. The summed E-state index contributed by atoms with van der Waals surface area (Å²) < 4.78 is 0. The summed E-state index contributed by atoms with van der Waals surface area (Å²) in [6.07, 6.45) is 4.97. The Balaban J connectivity index is 2.75. The largest absolute Gasteiger partial charge is 0.508 e. The molecule has 0 bridgehead atoms. The van der Waals surface area contributed by atoms with Crippen molar-refractivity contribution in [1.29, 1.82) is 0 Å². The Morgan fingerprint density at radius 1 is 0.345 bits per heavy atom. The van der Waals surface area contributed by atoms with Gasteiger partial charge in [0.2, 0.25) is 65.0 Å². The van der Waals surface area contributed by atoms with Crippen LogP contribution in [0.25, 0.3) is 0 Å². The van der Waals surface area contributed by atoms with Gasteiger partial charge in [0.05, 0.1) is 12.1 Å². The lowest BCUT2D eigenvalue weighted by atomic mass is 9.80. The highest BCUT2D eigenvalue weighted by molar-refractivity contribution is 6.58. The van der Waals surface area contributed by atoms with Crippen LogP contribution in [0.4, 0.5) is 0 Å². The number of phenolic OH excluding ortho intramolecular Hbond substituents is 1. The number of nitrogens with one attached hydrogen (secondary N) is 11. The molecule has 33 nitrogen and oxygen atoms in total. The van der Waals surface area contributed by atoms with E-state index in [2.05, 4.69) is 58.5 Å². The van der Waals surface area contributed by atoms with Crippen molar-refractivity contribution < 1.29 is 72.7 Å². The smallest absolute Gasteiger partial charge is 0.488 e. The molecule has 28 N–H and O–H groups in total. The summed E-state index contributed by atoms with van der Waals surface area (Å²) in [5.41, 5.74) is 42.7. The number of hydrogen-bond acceptors (Lipinski definition) is 21. The van der Waals surface area contributed by atoms with Gasteiger partial charge in [-0.15, -0.1) is 0 Å². The normalized spacial score (nSPS) is 14.4. The van der Waals surface area contributed by atoms with E-state index in [1.165, 1.54) is 36.4 Å². The standard InChI is InChI=1S/C76H133BN18O15/c1-46(2)41-54(82)67(99)94-63(43-48(5)6)75(107)87-56(21-9-15-35-78)69(101)86-40-20-14-26-61(91-71(103)58(23-11-17-37-80)92-76(108)64(44-49(7)8)95-68(100)55(83)42-47(3)4)72(104)88-57(22-10-16-36-79)70(102)90-60(25-13-19-39-85-66(98)51-29-31-52(32-30-51)77(109)110)73(105)89-59(24-12-18-38-81)74(106)93-62(65(84)97)45-50-27-33-53(96)34-28-50/h27-34,46-49,54-64,96,109-110H,9-26,35-45,78-83H2,1-8H3,(H2,84,97)(H,85,98)(H,86,101)(H,87,107)(H,88,104)(H,89,105)(H,90,102)(H,91,103)(H,92,108)(H,93,106)(H,94,99)(H,95,100)/t54-,55-,56-,57-,58-,59-,60-,61-,62-,63-,64-/m0/s1. The highest BCUT2D eigenvalue weighted by atomic mass is 16.4. The monoisotopic (exact) mass is 1550 g/mol. The van der Waals surface area contributed by atoms with Crippen LogP contribution in [-0.2, 0) is 59.2 Å². The Morgan fingerprint density at radius 3 is 0.927 bits per heavy atom. The lowest BCUT2D eigenvalue weighted by Gasteiger charge is -2.28. The summed E-state index contributed by atoms with van der Waals surface area (Å²) in [6.45, 7) is 16.2. The summed E-state index contributed by atoms with van der Waals surface area (Å²) in [4.78, 5) is 169. The first-order valence-electron chi connectivity index (χ1n) is 39.3. The van der Waals surface area contributed by atoms with Gasteiger partial charge in [0, 0.05) is 25.1 Å². The van der Waals surface area contributed by atoms with Crippen LogP contribution in [0.5, 0.6) is 5.75 Å². The van der Waals surface area contributed by atoms with Gasteiger partial charge in [0.25, 0.3) is 5.91 Å². The van der Waals surface area contributed by atoms with Crippen molar-refractivity contribution >= 4 is 83.5 Å². The van der Waals surface area contributed by atoms with Crippen molar-refractivity contribution in [3.8, 4) is 5.75 Å². The molecule has 0 saturated heterocycles. The van der Waals surface area contributed by atoms with E-state index in [0.29, 0.717) is 69.9 Å². The zero-order chi connectivity index (χ0) is 82.4. The maximum atomic E-state index is 15.2. The average Bonchev–Trinajstić information content (AvgIpc) is 0.845. The van der Waals surface area contributed by atoms with Crippen LogP contribution >= 0.6 is 0 Å². The number of carbonyl (C=O) groups excluding carboxylic acids is 12. The van der Waals surface area contributed by atoms with Gasteiger partial charge in [0.15, 0.2) is 0 Å². The maximum absolute atomic E-state index is 15.2. The molecular formula is C76H133BN18O15. The molecule has 0 aliphatic heterocycles. The maximum Gasteiger partial charge on any atom is 0.488 e. The van der Waals surface area contributed by atoms with E-state index in [4.69, 9.17) is 40.1 Å². The van der Waals surface area contributed by atoms with Crippen LogP contribution in [0.2, 0.25) is 0 Å². The second-order valence-corrected chi connectivity index (χ2v) is 30.2. The number of benzene rings is 2. The molecule has 0 fully saturated rings. The van der Waals surface area contributed by atoms with Crippen LogP contribution < -0.4 is 104 Å². The van der Waals surface area contributed by atoms with Crippen molar-refractivity contribution in [3.63, 3.8) is 0 Å². The molecular weight excluding hydrogens is 1420 g/mol. The molecule has 0 unspecified atom stereocenters. The Kier molecular flexibility index (Phi) is 48.2. The fourth-order valence-electron chi connectivity index (χ4n) is 12.2. The molecule has 0 radical (unpaired) electrons. The third-order valence-corrected chi connectivity index (χ3v) is 18.3. The highest BCUT2D eigenvalue weighted by Gasteiger charge is 2.36.